The van der Waals surface area contributed by atoms with Crippen LogP contribution in [0, 0.1) is 0 Å². The van der Waals surface area contributed by atoms with Crippen LogP contribution in [0.3, 0.4) is 0 Å². The molecule has 0 spiro atoms. The molecule has 1 aromatic heterocycles. The van der Waals surface area contributed by atoms with Gasteiger partial charge in [-0.15, -0.1) is 0 Å². The number of carbonyl (C=O) groups excluding carboxylic acids is 2. The lowest BCUT2D eigenvalue weighted by Crippen LogP contribution is -2.28. The summed E-state index contributed by atoms with van der Waals surface area (Å²) in [5, 5.41) is 2.62. The van der Waals surface area contributed by atoms with Crippen molar-refractivity contribution in [3.8, 4) is 0 Å². The van der Waals surface area contributed by atoms with Gasteiger partial charge in [0.25, 0.3) is 5.56 Å². The summed E-state index contributed by atoms with van der Waals surface area (Å²) in [5.41, 5.74) is 1.02. The number of nitrogens with one attached hydrogen (secondary N) is 1. The molecule has 0 atom stereocenters. The van der Waals surface area contributed by atoms with E-state index in [2.05, 4.69) is 22.0 Å². The summed E-state index contributed by atoms with van der Waals surface area (Å²) >= 11 is 0. The van der Waals surface area contributed by atoms with E-state index < -0.39 is 11.9 Å². The second-order valence-electron chi connectivity index (χ2n) is 5.54. The van der Waals surface area contributed by atoms with Crippen LogP contribution in [0.1, 0.15) is 35.8 Å². The van der Waals surface area contributed by atoms with Gasteiger partial charge in [0.05, 0.1) is 24.7 Å². The number of benzene rings is 1. The van der Waals surface area contributed by atoms with Gasteiger partial charge in [-0.25, -0.2) is 9.78 Å². The average molecular weight is 343 g/mol. The Morgan fingerprint density at radius 2 is 2.04 bits per heavy atom. The van der Waals surface area contributed by atoms with Crippen LogP contribution in [0.25, 0.3) is 0 Å². The molecule has 1 aromatic carbocycles. The molecular weight excluding hydrogens is 322 g/mol. The molecular formula is C18H21N3O4. The van der Waals surface area contributed by atoms with E-state index in [1.165, 1.54) is 24.1 Å². The third kappa shape index (κ3) is 5.00. The summed E-state index contributed by atoms with van der Waals surface area (Å²) < 4.78 is 5.91. The van der Waals surface area contributed by atoms with Gasteiger partial charge in [0, 0.05) is 11.8 Å². The van der Waals surface area contributed by atoms with Crippen molar-refractivity contribution in [2.24, 2.45) is 0 Å². The monoisotopic (exact) mass is 343 g/mol. The first-order chi connectivity index (χ1) is 12.0. The second kappa shape index (κ2) is 8.77. The molecule has 1 N–H and O–H groups in total. The highest BCUT2D eigenvalue weighted by Crippen LogP contribution is 2.15. The van der Waals surface area contributed by atoms with Crippen LogP contribution in [0.2, 0.25) is 0 Å². The number of unbranched alkanes of at least 4 members (excludes halogenated alkanes) is 1. The number of methoxy groups -OCH3 is 1. The summed E-state index contributed by atoms with van der Waals surface area (Å²) in [7, 11) is 1.27. The van der Waals surface area contributed by atoms with Crippen molar-refractivity contribution in [2.45, 2.75) is 32.7 Å². The van der Waals surface area contributed by atoms with Crippen LogP contribution in [0.15, 0.2) is 41.5 Å². The SMILES string of the molecule is CCCCc1cc(=O)n(CC(=O)Nc2ccccc2C(=O)OC)cn1. The molecule has 2 rings (SSSR count). The molecule has 0 aliphatic carbocycles. The molecule has 0 saturated carbocycles. The van der Waals surface area contributed by atoms with Crippen molar-refractivity contribution < 1.29 is 14.3 Å². The number of ether oxygens (including phenoxy) is 1. The highest BCUT2D eigenvalue weighted by atomic mass is 16.5. The van der Waals surface area contributed by atoms with Crippen LogP contribution in [-0.4, -0.2) is 28.5 Å². The molecule has 25 heavy (non-hydrogen) atoms. The standard InChI is InChI=1S/C18H21N3O4/c1-3-4-7-13-10-17(23)21(12-19-13)11-16(22)20-15-9-6-5-8-14(15)18(24)25-2/h5-6,8-10,12H,3-4,7,11H2,1-2H3,(H,20,22). The topological polar surface area (TPSA) is 90.3 Å². The Morgan fingerprint density at radius 3 is 2.72 bits per heavy atom. The molecule has 2 aromatic rings. The fraction of sp³-hybridized carbons (Fsp3) is 0.333. The van der Waals surface area contributed by atoms with Gasteiger partial charge >= 0.3 is 5.97 Å². The van der Waals surface area contributed by atoms with E-state index in [-0.39, 0.29) is 17.7 Å². The number of hydrogen-bond acceptors (Lipinski definition) is 5. The molecule has 0 saturated heterocycles. The number of aromatic nitrogens is 2. The first kappa shape index (κ1) is 18.4. The van der Waals surface area contributed by atoms with Gasteiger partial charge in [-0.05, 0) is 25.0 Å². The first-order valence-electron chi connectivity index (χ1n) is 8.07. The molecule has 7 heteroatoms. The fourth-order valence-electron chi connectivity index (χ4n) is 2.30. The zero-order chi connectivity index (χ0) is 18.2. The molecule has 0 fully saturated rings. The molecule has 7 nitrogen and oxygen atoms in total. The van der Waals surface area contributed by atoms with E-state index >= 15 is 0 Å². The number of aryl methyl sites for hydroxylation is 1. The van der Waals surface area contributed by atoms with Gasteiger partial charge in [-0.1, -0.05) is 25.5 Å². The normalized spacial score (nSPS) is 10.3. The smallest absolute Gasteiger partial charge is 0.339 e. The number of rotatable bonds is 7. The van der Waals surface area contributed by atoms with Gasteiger partial charge in [-0.3, -0.25) is 14.2 Å². The molecule has 1 heterocycles. The van der Waals surface area contributed by atoms with Crippen molar-refractivity contribution in [2.75, 3.05) is 12.4 Å². The lowest BCUT2D eigenvalue weighted by molar-refractivity contribution is -0.116. The van der Waals surface area contributed by atoms with Gasteiger partial charge in [0.1, 0.15) is 6.54 Å². The quantitative estimate of drug-likeness (QED) is 0.777. The zero-order valence-electron chi connectivity index (χ0n) is 14.3. The van der Waals surface area contributed by atoms with E-state index in [1.54, 1.807) is 24.3 Å². The van der Waals surface area contributed by atoms with Gasteiger partial charge in [-0.2, -0.15) is 0 Å². The minimum atomic E-state index is -0.546. The largest absolute Gasteiger partial charge is 0.465 e. The summed E-state index contributed by atoms with van der Waals surface area (Å²) in [6, 6.07) is 7.96. The van der Waals surface area contributed by atoms with E-state index in [9.17, 15) is 14.4 Å². The Morgan fingerprint density at radius 1 is 1.28 bits per heavy atom. The maximum absolute atomic E-state index is 12.2. The van der Waals surface area contributed by atoms with Gasteiger partial charge in [0.15, 0.2) is 0 Å². The van der Waals surface area contributed by atoms with E-state index in [1.807, 2.05) is 0 Å². The minimum Gasteiger partial charge on any atom is -0.465 e. The highest BCUT2D eigenvalue weighted by Gasteiger charge is 2.14. The Labute approximate surface area is 145 Å². The predicted octanol–water partition coefficient (Wildman–Crippen LogP) is 2.01. The molecule has 0 bridgehead atoms. The van der Waals surface area contributed by atoms with Crippen LogP contribution in [0.4, 0.5) is 5.69 Å². The predicted molar refractivity (Wildman–Crippen MR) is 93.5 cm³/mol. The molecule has 0 aliphatic heterocycles. The molecule has 132 valence electrons. The summed E-state index contributed by atoms with van der Waals surface area (Å²) in [6.45, 7) is 1.88. The van der Waals surface area contributed by atoms with Crippen LogP contribution in [-0.2, 0) is 22.5 Å². The van der Waals surface area contributed by atoms with Crippen molar-refractivity contribution >= 4 is 17.6 Å². The first-order valence-corrected chi connectivity index (χ1v) is 8.07. The van der Waals surface area contributed by atoms with Gasteiger partial charge < -0.3 is 10.1 Å². The molecule has 0 unspecified atom stereocenters. The fourth-order valence-corrected chi connectivity index (χ4v) is 2.30. The van der Waals surface area contributed by atoms with Crippen molar-refractivity contribution in [3.63, 3.8) is 0 Å². The Hall–Kier alpha value is -2.96. The number of anilines is 1. The van der Waals surface area contributed by atoms with Crippen molar-refractivity contribution in [3.05, 3.63) is 58.3 Å². The number of para-hydroxylation sites is 1. The Bertz CT molecular complexity index is 814. The van der Waals surface area contributed by atoms with E-state index in [4.69, 9.17) is 0 Å². The summed E-state index contributed by atoms with van der Waals surface area (Å²) in [5.74, 6) is -0.975. The van der Waals surface area contributed by atoms with Crippen molar-refractivity contribution in [1.29, 1.82) is 0 Å². The number of nitrogens with zero attached hydrogens (tertiary/aromatic N) is 2. The lowest BCUT2D eigenvalue weighted by Gasteiger charge is -2.10. The maximum Gasteiger partial charge on any atom is 0.339 e. The lowest BCUT2D eigenvalue weighted by atomic mass is 10.2. The van der Waals surface area contributed by atoms with E-state index in [0.29, 0.717) is 5.69 Å². The van der Waals surface area contributed by atoms with Gasteiger partial charge in [0.2, 0.25) is 5.91 Å². The van der Waals surface area contributed by atoms with E-state index in [0.717, 1.165) is 25.0 Å². The minimum absolute atomic E-state index is 0.185. The third-order valence-electron chi connectivity index (χ3n) is 3.64. The third-order valence-corrected chi connectivity index (χ3v) is 3.64. The number of amides is 1. The van der Waals surface area contributed by atoms with Crippen LogP contribution >= 0.6 is 0 Å². The maximum atomic E-state index is 12.2. The highest BCUT2D eigenvalue weighted by molar-refractivity contribution is 6.01. The number of hydrogen-bond donors (Lipinski definition) is 1. The number of esters is 1. The zero-order valence-corrected chi connectivity index (χ0v) is 14.3. The number of carbonyl (C=O) groups is 2. The summed E-state index contributed by atoms with van der Waals surface area (Å²) in [4.78, 5) is 40.2. The van der Waals surface area contributed by atoms with Crippen LogP contribution in [0.5, 0.6) is 0 Å². The average Bonchev–Trinajstić information content (AvgIpc) is 2.61. The Balaban J connectivity index is 2.09. The Kier molecular flexibility index (Phi) is 6.45. The molecule has 0 aliphatic rings. The van der Waals surface area contributed by atoms with Crippen LogP contribution < -0.4 is 10.9 Å². The second-order valence-corrected chi connectivity index (χ2v) is 5.54. The summed E-state index contributed by atoms with van der Waals surface area (Å²) in [6.07, 6.45) is 4.10. The molecule has 1 amide bonds. The molecule has 0 radical (unpaired) electrons. The van der Waals surface area contributed by atoms with Crippen molar-refractivity contribution in [1.82, 2.24) is 9.55 Å².